The second-order valence-electron chi connectivity index (χ2n) is 7.14. The predicted molar refractivity (Wildman–Crippen MR) is 121 cm³/mol. The molecule has 0 saturated heterocycles. The molecule has 0 spiro atoms. The first-order valence-corrected chi connectivity index (χ1v) is 10.4. The number of aromatic amines is 1. The standard InChI is InChI=1S/C22H21ClN6O2.H2O/c1-2-3-8-18-24-20(23)19(22(30)31)29(18)13-14-9-11-15(12-10-14)16-6-4-5-7-17(16)21-25-27-28-26-21;/h4-7,9-12H,2-3,8,13H2,1H3,(H,30,31)(H,25,26,27,28);1H2. The number of hydrogen-bond donors (Lipinski definition) is 2. The molecule has 0 amide bonds. The number of aryl methyl sites for hydroxylation is 1. The Hall–Kier alpha value is -3.56. The predicted octanol–water partition coefficient (Wildman–Crippen LogP) is 3.65. The van der Waals surface area contributed by atoms with Crippen LogP contribution in [-0.4, -0.2) is 46.7 Å². The molecule has 9 nitrogen and oxygen atoms in total. The molecule has 0 atom stereocenters. The summed E-state index contributed by atoms with van der Waals surface area (Å²) in [6.45, 7) is 2.46. The fraction of sp³-hybridized carbons (Fsp3) is 0.227. The molecule has 2 aromatic heterocycles. The average Bonchev–Trinajstić information content (AvgIpc) is 3.41. The number of carbonyl (C=O) groups is 1. The number of aromatic nitrogens is 6. The van der Waals surface area contributed by atoms with Gasteiger partial charge in [-0.05, 0) is 28.3 Å². The van der Waals surface area contributed by atoms with Crippen LogP contribution < -0.4 is 0 Å². The van der Waals surface area contributed by atoms with E-state index in [-0.39, 0.29) is 16.3 Å². The molecule has 4 rings (SSSR count). The maximum Gasteiger partial charge on any atom is 0.355 e. The molecule has 4 aromatic rings. The lowest BCUT2D eigenvalue weighted by molar-refractivity contribution is 0.0685. The number of nitrogens with one attached hydrogen (secondary N) is 1. The molecule has 0 radical (unpaired) electrons. The lowest BCUT2D eigenvalue weighted by Crippen LogP contribution is -2.13. The summed E-state index contributed by atoms with van der Waals surface area (Å²) < 4.78 is 1.70. The van der Waals surface area contributed by atoms with Gasteiger partial charge in [-0.15, -0.1) is 10.2 Å². The van der Waals surface area contributed by atoms with Crippen LogP contribution in [-0.2, 0) is 13.0 Å². The maximum atomic E-state index is 11.7. The number of unbranched alkanes of at least 4 members (excludes halogenated alkanes) is 1. The number of rotatable bonds is 8. The minimum Gasteiger partial charge on any atom is -0.476 e. The van der Waals surface area contributed by atoms with Crippen LogP contribution in [0.15, 0.2) is 48.5 Å². The second kappa shape index (κ2) is 10.2. The summed E-state index contributed by atoms with van der Waals surface area (Å²) in [5, 5.41) is 23.9. The lowest BCUT2D eigenvalue weighted by atomic mass is 9.98. The minimum absolute atomic E-state index is 0. The van der Waals surface area contributed by atoms with Gasteiger partial charge in [0, 0.05) is 18.5 Å². The highest BCUT2D eigenvalue weighted by atomic mass is 35.5. The molecule has 2 heterocycles. The molecule has 0 bridgehead atoms. The molecule has 0 saturated carbocycles. The summed E-state index contributed by atoms with van der Waals surface area (Å²) in [6, 6.07) is 15.8. The molecule has 10 heteroatoms. The fourth-order valence-electron chi connectivity index (χ4n) is 3.54. The van der Waals surface area contributed by atoms with Gasteiger partial charge in [-0.2, -0.15) is 5.21 Å². The van der Waals surface area contributed by atoms with E-state index in [9.17, 15) is 9.90 Å². The molecular formula is C22H23ClN6O3. The summed E-state index contributed by atoms with van der Waals surface area (Å²) in [7, 11) is 0. The molecule has 32 heavy (non-hydrogen) atoms. The third-order valence-corrected chi connectivity index (χ3v) is 5.34. The normalized spacial score (nSPS) is 10.7. The zero-order valence-electron chi connectivity index (χ0n) is 17.4. The van der Waals surface area contributed by atoms with Gasteiger partial charge < -0.3 is 15.1 Å². The van der Waals surface area contributed by atoms with E-state index in [0.717, 1.165) is 35.1 Å². The molecule has 0 unspecified atom stereocenters. The number of halogens is 1. The zero-order valence-corrected chi connectivity index (χ0v) is 18.2. The van der Waals surface area contributed by atoms with Gasteiger partial charge in [-0.1, -0.05) is 73.5 Å². The molecule has 0 fully saturated rings. The van der Waals surface area contributed by atoms with Crippen LogP contribution in [0.1, 0.15) is 41.6 Å². The third kappa shape index (κ3) is 4.68. The van der Waals surface area contributed by atoms with E-state index >= 15 is 0 Å². The van der Waals surface area contributed by atoms with Crippen LogP contribution >= 0.6 is 11.6 Å². The monoisotopic (exact) mass is 454 g/mol. The van der Waals surface area contributed by atoms with Crippen molar-refractivity contribution in [3.05, 3.63) is 70.8 Å². The molecule has 2 aromatic carbocycles. The van der Waals surface area contributed by atoms with E-state index in [4.69, 9.17) is 11.6 Å². The molecule has 4 N–H and O–H groups in total. The summed E-state index contributed by atoms with van der Waals surface area (Å²) in [5.74, 6) is 0.140. The topological polar surface area (TPSA) is 141 Å². The smallest absolute Gasteiger partial charge is 0.355 e. The lowest BCUT2D eigenvalue weighted by Gasteiger charge is -2.12. The first-order chi connectivity index (χ1) is 15.1. The fourth-order valence-corrected chi connectivity index (χ4v) is 3.83. The molecular weight excluding hydrogens is 432 g/mol. The van der Waals surface area contributed by atoms with Gasteiger partial charge in [0.2, 0.25) is 5.82 Å². The third-order valence-electron chi connectivity index (χ3n) is 5.08. The minimum atomic E-state index is -1.08. The number of benzene rings is 2. The number of nitrogens with zero attached hydrogens (tertiary/aromatic N) is 5. The van der Waals surface area contributed by atoms with Gasteiger partial charge >= 0.3 is 5.97 Å². The van der Waals surface area contributed by atoms with Crippen molar-refractivity contribution in [2.24, 2.45) is 0 Å². The number of aromatic carboxylic acids is 1. The Labute approximate surface area is 189 Å². The van der Waals surface area contributed by atoms with Crippen molar-refractivity contribution >= 4 is 17.6 Å². The first kappa shape index (κ1) is 23.1. The van der Waals surface area contributed by atoms with E-state index in [1.54, 1.807) is 4.57 Å². The van der Waals surface area contributed by atoms with Crippen molar-refractivity contribution in [3.63, 3.8) is 0 Å². The van der Waals surface area contributed by atoms with E-state index in [2.05, 4.69) is 32.5 Å². The van der Waals surface area contributed by atoms with Crippen molar-refractivity contribution in [2.75, 3.05) is 0 Å². The number of imidazole rings is 1. The molecule has 166 valence electrons. The molecule has 0 aliphatic carbocycles. The van der Waals surface area contributed by atoms with Crippen molar-refractivity contribution in [1.82, 2.24) is 30.2 Å². The van der Waals surface area contributed by atoms with Gasteiger partial charge in [0.15, 0.2) is 10.8 Å². The van der Waals surface area contributed by atoms with Crippen LogP contribution in [0.2, 0.25) is 5.15 Å². The van der Waals surface area contributed by atoms with Gasteiger partial charge in [0.1, 0.15) is 5.82 Å². The van der Waals surface area contributed by atoms with Gasteiger partial charge in [-0.25, -0.2) is 9.78 Å². The highest BCUT2D eigenvalue weighted by molar-refractivity contribution is 6.32. The van der Waals surface area contributed by atoms with Crippen LogP contribution in [0.25, 0.3) is 22.5 Å². The zero-order chi connectivity index (χ0) is 21.8. The highest BCUT2D eigenvalue weighted by Crippen LogP contribution is 2.30. The number of tetrazole rings is 1. The van der Waals surface area contributed by atoms with E-state index in [1.165, 1.54) is 0 Å². The Morgan fingerprint density at radius 2 is 1.84 bits per heavy atom. The van der Waals surface area contributed by atoms with E-state index in [0.29, 0.717) is 24.6 Å². The van der Waals surface area contributed by atoms with Crippen molar-refractivity contribution < 1.29 is 15.4 Å². The van der Waals surface area contributed by atoms with Crippen LogP contribution in [0.3, 0.4) is 0 Å². The van der Waals surface area contributed by atoms with Gasteiger partial charge in [0.05, 0.1) is 0 Å². The van der Waals surface area contributed by atoms with Crippen LogP contribution in [0.4, 0.5) is 0 Å². The van der Waals surface area contributed by atoms with E-state index < -0.39 is 5.97 Å². The van der Waals surface area contributed by atoms with Gasteiger partial charge in [0.25, 0.3) is 0 Å². The number of hydrogen-bond acceptors (Lipinski definition) is 5. The molecule has 0 aliphatic rings. The van der Waals surface area contributed by atoms with Crippen LogP contribution in [0.5, 0.6) is 0 Å². The Bertz CT molecular complexity index is 1190. The average molecular weight is 455 g/mol. The number of carboxylic acids is 1. The van der Waals surface area contributed by atoms with Gasteiger partial charge in [-0.3, -0.25) is 0 Å². The molecule has 0 aliphatic heterocycles. The maximum absolute atomic E-state index is 11.7. The quantitative estimate of drug-likeness (QED) is 0.416. The first-order valence-electron chi connectivity index (χ1n) is 9.98. The highest BCUT2D eigenvalue weighted by Gasteiger charge is 2.21. The van der Waals surface area contributed by atoms with Crippen LogP contribution in [0, 0.1) is 0 Å². The van der Waals surface area contributed by atoms with Crippen molar-refractivity contribution in [1.29, 1.82) is 0 Å². The summed E-state index contributed by atoms with van der Waals surface area (Å²) in [4.78, 5) is 16.0. The SMILES string of the molecule is CCCCc1nc(Cl)c(C(=O)O)n1Cc1ccc(-c2ccccc2-c2nn[nH]n2)cc1.O. The summed E-state index contributed by atoms with van der Waals surface area (Å²) in [5.41, 5.74) is 3.84. The summed E-state index contributed by atoms with van der Waals surface area (Å²) in [6.07, 6.45) is 2.58. The Kier molecular flexibility index (Phi) is 7.34. The Balaban J connectivity index is 0.00000289. The largest absolute Gasteiger partial charge is 0.476 e. The number of carboxylic acid groups (broad SMARTS) is 1. The van der Waals surface area contributed by atoms with Crippen molar-refractivity contribution in [2.45, 2.75) is 32.7 Å². The summed E-state index contributed by atoms with van der Waals surface area (Å²) >= 11 is 6.13. The number of H-pyrrole nitrogens is 1. The Morgan fingerprint density at radius 3 is 2.47 bits per heavy atom. The Morgan fingerprint density at radius 1 is 1.12 bits per heavy atom. The second-order valence-corrected chi connectivity index (χ2v) is 7.50. The van der Waals surface area contributed by atoms with E-state index in [1.807, 2.05) is 48.5 Å². The van der Waals surface area contributed by atoms with Crippen molar-refractivity contribution in [3.8, 4) is 22.5 Å².